The molecule has 4 nitrogen and oxygen atoms in total. The number of halogens is 1. The highest BCUT2D eigenvalue weighted by Crippen LogP contribution is 2.28. The Morgan fingerprint density at radius 3 is 2.64 bits per heavy atom. The highest BCUT2D eigenvalue weighted by Gasteiger charge is 2.16. The average Bonchev–Trinajstić information content (AvgIpc) is 2.63. The molecule has 0 spiro atoms. The standard InChI is InChI=1S/C20H21ClN2O2/c1-14-12-22-20(21)11-19(14)23-9-8-18(10-15(23)2)25-13-16-4-6-17(24-3)7-5-16/h4-8,10-12H,9,13H2,1-3H3. The van der Waals surface area contributed by atoms with E-state index in [4.69, 9.17) is 21.1 Å². The van der Waals surface area contributed by atoms with E-state index >= 15 is 0 Å². The van der Waals surface area contributed by atoms with Crippen LogP contribution in [0.4, 0.5) is 5.69 Å². The van der Waals surface area contributed by atoms with E-state index < -0.39 is 0 Å². The predicted molar refractivity (Wildman–Crippen MR) is 101 cm³/mol. The zero-order valence-electron chi connectivity index (χ0n) is 14.6. The molecule has 0 unspecified atom stereocenters. The van der Waals surface area contributed by atoms with Crippen LogP contribution in [0.3, 0.4) is 0 Å². The van der Waals surface area contributed by atoms with Gasteiger partial charge in [-0.1, -0.05) is 23.7 Å². The number of aryl methyl sites for hydroxylation is 1. The van der Waals surface area contributed by atoms with Gasteiger partial charge in [0.15, 0.2) is 0 Å². The SMILES string of the molecule is COc1ccc(COC2=CCN(c3cc(Cl)ncc3C)C(C)=C2)cc1. The molecule has 1 aliphatic rings. The summed E-state index contributed by atoms with van der Waals surface area (Å²) in [6, 6.07) is 9.78. The Morgan fingerprint density at radius 1 is 1.20 bits per heavy atom. The molecule has 0 fully saturated rings. The fourth-order valence-electron chi connectivity index (χ4n) is 2.72. The molecule has 2 heterocycles. The molecule has 0 N–H and O–H groups in total. The number of methoxy groups -OCH3 is 1. The van der Waals surface area contributed by atoms with Crippen molar-refractivity contribution < 1.29 is 9.47 Å². The van der Waals surface area contributed by atoms with Gasteiger partial charge in [-0.05, 0) is 55.3 Å². The molecule has 1 aliphatic heterocycles. The van der Waals surface area contributed by atoms with Crippen LogP contribution in [-0.2, 0) is 11.3 Å². The highest BCUT2D eigenvalue weighted by atomic mass is 35.5. The van der Waals surface area contributed by atoms with Crippen LogP contribution >= 0.6 is 11.6 Å². The Kier molecular flexibility index (Phi) is 5.29. The van der Waals surface area contributed by atoms with Gasteiger partial charge in [0.2, 0.25) is 0 Å². The van der Waals surface area contributed by atoms with Crippen molar-refractivity contribution in [2.75, 3.05) is 18.6 Å². The molecule has 0 bridgehead atoms. The highest BCUT2D eigenvalue weighted by molar-refractivity contribution is 6.29. The van der Waals surface area contributed by atoms with Gasteiger partial charge in [-0.3, -0.25) is 0 Å². The Morgan fingerprint density at radius 2 is 1.96 bits per heavy atom. The fraction of sp³-hybridized carbons (Fsp3) is 0.250. The van der Waals surface area contributed by atoms with Gasteiger partial charge in [-0.15, -0.1) is 0 Å². The van der Waals surface area contributed by atoms with Crippen LogP contribution in [0.1, 0.15) is 18.1 Å². The lowest BCUT2D eigenvalue weighted by Crippen LogP contribution is -2.25. The summed E-state index contributed by atoms with van der Waals surface area (Å²) < 4.78 is 11.1. The van der Waals surface area contributed by atoms with Gasteiger partial charge in [0, 0.05) is 24.1 Å². The predicted octanol–water partition coefficient (Wildman–Crippen LogP) is 4.88. The monoisotopic (exact) mass is 356 g/mol. The van der Waals surface area contributed by atoms with E-state index in [0.29, 0.717) is 11.8 Å². The van der Waals surface area contributed by atoms with Crippen molar-refractivity contribution in [3.8, 4) is 5.75 Å². The Hall–Kier alpha value is -2.46. The fourth-order valence-corrected chi connectivity index (χ4v) is 2.88. The largest absolute Gasteiger partial charge is 0.497 e. The van der Waals surface area contributed by atoms with E-state index in [0.717, 1.165) is 40.6 Å². The van der Waals surface area contributed by atoms with Crippen LogP contribution in [0.15, 0.2) is 60.1 Å². The van der Waals surface area contributed by atoms with Crippen molar-refractivity contribution >= 4 is 17.3 Å². The second-order valence-corrected chi connectivity index (χ2v) is 6.32. The summed E-state index contributed by atoms with van der Waals surface area (Å²) in [5.74, 6) is 1.72. The van der Waals surface area contributed by atoms with E-state index in [1.165, 1.54) is 0 Å². The normalized spacial score (nSPS) is 14.0. The number of allylic oxidation sites excluding steroid dienone is 2. The van der Waals surface area contributed by atoms with Gasteiger partial charge in [0.05, 0.1) is 7.11 Å². The first kappa shape index (κ1) is 17.4. The number of pyridine rings is 1. The lowest BCUT2D eigenvalue weighted by Gasteiger charge is -2.29. The van der Waals surface area contributed by atoms with Crippen molar-refractivity contribution in [1.82, 2.24) is 4.98 Å². The Balaban J connectivity index is 1.66. The van der Waals surface area contributed by atoms with Crippen LogP contribution in [0.5, 0.6) is 5.75 Å². The molecule has 1 aromatic carbocycles. The van der Waals surface area contributed by atoms with E-state index in [1.807, 2.05) is 43.3 Å². The zero-order valence-corrected chi connectivity index (χ0v) is 15.4. The summed E-state index contributed by atoms with van der Waals surface area (Å²) in [7, 11) is 1.66. The summed E-state index contributed by atoms with van der Waals surface area (Å²) >= 11 is 6.05. The smallest absolute Gasteiger partial charge is 0.131 e. The first-order valence-corrected chi connectivity index (χ1v) is 8.48. The third-order valence-corrected chi connectivity index (χ3v) is 4.36. The minimum absolute atomic E-state index is 0.499. The number of ether oxygens (including phenoxy) is 2. The molecule has 1 aromatic heterocycles. The maximum atomic E-state index is 6.05. The quantitative estimate of drug-likeness (QED) is 0.715. The van der Waals surface area contributed by atoms with E-state index in [1.54, 1.807) is 13.3 Å². The molecular formula is C20H21ClN2O2. The van der Waals surface area contributed by atoms with Crippen molar-refractivity contribution in [3.63, 3.8) is 0 Å². The van der Waals surface area contributed by atoms with Crippen LogP contribution < -0.4 is 9.64 Å². The summed E-state index contributed by atoms with van der Waals surface area (Å²) in [6.07, 6.45) is 5.91. The van der Waals surface area contributed by atoms with Gasteiger partial charge in [-0.25, -0.2) is 4.98 Å². The minimum Gasteiger partial charge on any atom is -0.497 e. The third-order valence-electron chi connectivity index (χ3n) is 4.15. The molecule has 130 valence electrons. The van der Waals surface area contributed by atoms with Crippen molar-refractivity contribution in [2.24, 2.45) is 0 Å². The molecule has 0 radical (unpaired) electrons. The molecule has 25 heavy (non-hydrogen) atoms. The lowest BCUT2D eigenvalue weighted by molar-refractivity contribution is 0.209. The Labute approximate surface area is 153 Å². The summed E-state index contributed by atoms with van der Waals surface area (Å²) in [4.78, 5) is 6.32. The van der Waals surface area contributed by atoms with E-state index in [2.05, 4.69) is 22.9 Å². The summed E-state index contributed by atoms with van der Waals surface area (Å²) in [5.41, 5.74) is 4.37. The van der Waals surface area contributed by atoms with Crippen molar-refractivity contribution in [1.29, 1.82) is 0 Å². The number of aromatic nitrogens is 1. The molecule has 0 saturated carbocycles. The number of anilines is 1. The number of benzene rings is 1. The topological polar surface area (TPSA) is 34.6 Å². The van der Waals surface area contributed by atoms with Gasteiger partial charge in [0.1, 0.15) is 23.3 Å². The van der Waals surface area contributed by atoms with Crippen molar-refractivity contribution in [2.45, 2.75) is 20.5 Å². The van der Waals surface area contributed by atoms with Crippen molar-refractivity contribution in [3.05, 3.63) is 76.4 Å². The maximum absolute atomic E-state index is 6.05. The van der Waals surface area contributed by atoms with Crippen LogP contribution in [0.2, 0.25) is 5.15 Å². The molecule has 0 amide bonds. The van der Waals surface area contributed by atoms with Gasteiger partial charge < -0.3 is 14.4 Å². The molecular weight excluding hydrogens is 336 g/mol. The molecule has 0 atom stereocenters. The van der Waals surface area contributed by atoms with E-state index in [-0.39, 0.29) is 0 Å². The van der Waals surface area contributed by atoms with Gasteiger partial charge in [-0.2, -0.15) is 0 Å². The number of hydrogen-bond acceptors (Lipinski definition) is 4. The van der Waals surface area contributed by atoms with Gasteiger partial charge in [0.25, 0.3) is 0 Å². The second-order valence-electron chi connectivity index (χ2n) is 5.93. The number of nitrogens with zero attached hydrogens (tertiary/aromatic N) is 2. The molecule has 2 aromatic rings. The molecule has 0 aliphatic carbocycles. The summed E-state index contributed by atoms with van der Waals surface area (Å²) in [6.45, 7) is 5.37. The van der Waals surface area contributed by atoms with Crippen LogP contribution in [0.25, 0.3) is 0 Å². The van der Waals surface area contributed by atoms with E-state index in [9.17, 15) is 0 Å². The average molecular weight is 357 g/mol. The Bertz CT molecular complexity index is 813. The molecule has 0 saturated heterocycles. The summed E-state index contributed by atoms with van der Waals surface area (Å²) in [5, 5.41) is 0.499. The van der Waals surface area contributed by atoms with Crippen LogP contribution in [0, 0.1) is 6.92 Å². The lowest BCUT2D eigenvalue weighted by atomic mass is 10.1. The molecule has 5 heteroatoms. The zero-order chi connectivity index (χ0) is 17.8. The minimum atomic E-state index is 0.499. The molecule has 3 rings (SSSR count). The number of hydrogen-bond donors (Lipinski definition) is 0. The van der Waals surface area contributed by atoms with Gasteiger partial charge >= 0.3 is 0 Å². The second kappa shape index (κ2) is 7.62. The number of rotatable bonds is 5. The first-order chi connectivity index (χ1) is 12.1. The van der Waals surface area contributed by atoms with Crippen LogP contribution in [-0.4, -0.2) is 18.6 Å². The third kappa shape index (κ3) is 4.15. The maximum Gasteiger partial charge on any atom is 0.131 e. The first-order valence-electron chi connectivity index (χ1n) is 8.10.